The first-order chi connectivity index (χ1) is 17.8. The minimum Gasteiger partial charge on any atom is -0.448 e. The summed E-state index contributed by atoms with van der Waals surface area (Å²) in [6.45, 7) is 4.01. The summed E-state index contributed by atoms with van der Waals surface area (Å²) in [6.07, 6.45) is -0.648. The maximum absolute atomic E-state index is 13.1. The van der Waals surface area contributed by atoms with E-state index < -0.39 is 35.3 Å². The summed E-state index contributed by atoms with van der Waals surface area (Å²) < 4.78 is 5.71. The van der Waals surface area contributed by atoms with Gasteiger partial charge in [0, 0.05) is 17.9 Å². The van der Waals surface area contributed by atoms with Crippen LogP contribution < -0.4 is 0 Å². The van der Waals surface area contributed by atoms with Crippen molar-refractivity contribution < 1.29 is 28.8 Å². The molecule has 37 heavy (non-hydrogen) atoms. The lowest BCUT2D eigenvalue weighted by Crippen LogP contribution is -2.68. The van der Waals surface area contributed by atoms with E-state index in [0.29, 0.717) is 5.06 Å². The van der Waals surface area contributed by atoms with Gasteiger partial charge in [0.1, 0.15) is 12.6 Å². The Kier molecular flexibility index (Phi) is 5.15. The van der Waals surface area contributed by atoms with Crippen LogP contribution in [-0.2, 0) is 14.4 Å². The van der Waals surface area contributed by atoms with E-state index >= 15 is 0 Å². The van der Waals surface area contributed by atoms with Gasteiger partial charge in [-0.2, -0.15) is 0 Å². The van der Waals surface area contributed by atoms with Crippen molar-refractivity contribution in [3.8, 4) is 11.1 Å². The second-order valence-corrected chi connectivity index (χ2v) is 10.2. The average Bonchev–Trinajstić information content (AvgIpc) is 3.33. The smallest absolute Gasteiger partial charge is 0.410 e. The van der Waals surface area contributed by atoms with Crippen molar-refractivity contribution in [1.82, 2.24) is 9.96 Å². The van der Waals surface area contributed by atoms with Gasteiger partial charge in [0.05, 0.1) is 11.1 Å². The molecule has 1 unspecified atom stereocenters. The molecule has 0 aromatic heterocycles. The summed E-state index contributed by atoms with van der Waals surface area (Å²) in [5.41, 5.74) is 4.12. The number of benzene rings is 3. The number of amides is 3. The summed E-state index contributed by atoms with van der Waals surface area (Å²) in [7, 11) is 0. The normalized spacial score (nSPS) is 19.1. The number of carbonyl (C=O) groups is 4. The highest BCUT2D eigenvalue weighted by molar-refractivity contribution is 6.21. The number of fused-ring (bicyclic) bond motifs is 4. The standard InChI is InChI=1S/C29H24N2O6/c1-29(2)16-30(24(29)27(34)37-31-25(32)21-13-7-8-14-22(21)26(31)33)28(35)36-15-23-19-11-5-3-9-17(19)18-10-4-6-12-20(18)23/h3-14,23-24H,15-16H2,1-2H3. The molecule has 1 fully saturated rings. The minimum absolute atomic E-state index is 0.115. The van der Waals surface area contributed by atoms with E-state index in [0.717, 1.165) is 22.3 Å². The summed E-state index contributed by atoms with van der Waals surface area (Å²) in [5, 5.41) is 0.470. The average molecular weight is 497 g/mol. The molecule has 3 aromatic rings. The number of ether oxygens (including phenoxy) is 1. The number of likely N-dealkylation sites (tertiary alicyclic amines) is 1. The van der Waals surface area contributed by atoms with Crippen molar-refractivity contribution in [3.05, 3.63) is 95.1 Å². The van der Waals surface area contributed by atoms with Crippen LogP contribution in [-0.4, -0.2) is 53.0 Å². The molecule has 1 aliphatic carbocycles. The highest BCUT2D eigenvalue weighted by Crippen LogP contribution is 2.45. The fourth-order valence-corrected chi connectivity index (χ4v) is 5.61. The van der Waals surface area contributed by atoms with Gasteiger partial charge >= 0.3 is 12.1 Å². The van der Waals surface area contributed by atoms with Gasteiger partial charge in [-0.1, -0.05) is 79.6 Å². The third-order valence-corrected chi connectivity index (χ3v) is 7.36. The molecule has 3 aliphatic rings. The molecule has 186 valence electrons. The Labute approximate surface area is 213 Å². The first-order valence-electron chi connectivity index (χ1n) is 12.1. The van der Waals surface area contributed by atoms with Gasteiger partial charge < -0.3 is 9.57 Å². The Hall–Kier alpha value is -4.46. The number of hydroxylamine groups is 2. The van der Waals surface area contributed by atoms with Crippen molar-refractivity contribution in [2.24, 2.45) is 5.41 Å². The topological polar surface area (TPSA) is 93.2 Å². The fourth-order valence-electron chi connectivity index (χ4n) is 5.61. The third-order valence-electron chi connectivity index (χ3n) is 7.36. The molecule has 1 saturated heterocycles. The largest absolute Gasteiger partial charge is 0.448 e. The van der Waals surface area contributed by atoms with E-state index in [-0.39, 0.29) is 30.2 Å². The SMILES string of the molecule is CC1(C)CN(C(=O)OCC2c3ccccc3-c3ccccc32)C1C(=O)ON1C(=O)c2ccccc2C1=O. The van der Waals surface area contributed by atoms with E-state index in [2.05, 4.69) is 12.1 Å². The number of nitrogens with zero attached hydrogens (tertiary/aromatic N) is 2. The number of hydrogen-bond acceptors (Lipinski definition) is 6. The fraction of sp³-hybridized carbons (Fsp3) is 0.241. The highest BCUT2D eigenvalue weighted by atomic mass is 16.7. The minimum atomic E-state index is -1.01. The molecule has 8 heteroatoms. The summed E-state index contributed by atoms with van der Waals surface area (Å²) in [6, 6.07) is 21.3. The molecule has 0 spiro atoms. The van der Waals surface area contributed by atoms with Gasteiger partial charge in [0.2, 0.25) is 0 Å². The second-order valence-electron chi connectivity index (χ2n) is 10.2. The molecule has 1 atom stereocenters. The van der Waals surface area contributed by atoms with Crippen LogP contribution in [0.3, 0.4) is 0 Å². The van der Waals surface area contributed by atoms with Gasteiger partial charge in [-0.05, 0) is 34.4 Å². The summed E-state index contributed by atoms with van der Waals surface area (Å²) in [4.78, 5) is 58.0. The van der Waals surface area contributed by atoms with Crippen molar-refractivity contribution in [2.75, 3.05) is 13.2 Å². The first kappa shape index (κ1) is 23.0. The van der Waals surface area contributed by atoms with Crippen molar-refractivity contribution in [2.45, 2.75) is 25.8 Å². The molecule has 2 aliphatic heterocycles. The van der Waals surface area contributed by atoms with Crippen LogP contribution >= 0.6 is 0 Å². The molecule has 6 rings (SSSR count). The monoisotopic (exact) mass is 496 g/mol. The highest BCUT2D eigenvalue weighted by Gasteiger charge is 2.55. The van der Waals surface area contributed by atoms with Gasteiger partial charge in [0.25, 0.3) is 11.8 Å². The lowest BCUT2D eigenvalue weighted by Gasteiger charge is -2.51. The van der Waals surface area contributed by atoms with Crippen LogP contribution in [0.25, 0.3) is 11.1 Å². The molecule has 2 heterocycles. The van der Waals surface area contributed by atoms with Crippen LogP contribution in [0, 0.1) is 5.41 Å². The van der Waals surface area contributed by atoms with Crippen LogP contribution in [0.1, 0.15) is 51.6 Å². The first-order valence-corrected chi connectivity index (χ1v) is 12.1. The maximum Gasteiger partial charge on any atom is 0.410 e. The molecule has 8 nitrogen and oxygen atoms in total. The van der Waals surface area contributed by atoms with Crippen LogP contribution in [0.4, 0.5) is 4.79 Å². The Bertz CT molecular complexity index is 1400. The van der Waals surface area contributed by atoms with E-state index in [1.807, 2.05) is 50.2 Å². The lowest BCUT2D eigenvalue weighted by molar-refractivity contribution is -0.188. The van der Waals surface area contributed by atoms with Crippen LogP contribution in [0.5, 0.6) is 0 Å². The van der Waals surface area contributed by atoms with Gasteiger partial charge in [0.15, 0.2) is 0 Å². The lowest BCUT2D eigenvalue weighted by atomic mass is 9.75. The molecule has 0 saturated carbocycles. The van der Waals surface area contributed by atoms with Crippen molar-refractivity contribution >= 4 is 23.9 Å². The van der Waals surface area contributed by atoms with E-state index in [1.165, 1.54) is 17.0 Å². The predicted molar refractivity (Wildman–Crippen MR) is 132 cm³/mol. The quantitative estimate of drug-likeness (QED) is 0.497. The van der Waals surface area contributed by atoms with E-state index in [1.54, 1.807) is 12.1 Å². The Morgan fingerprint density at radius 1 is 0.811 bits per heavy atom. The number of rotatable bonds is 4. The zero-order valence-corrected chi connectivity index (χ0v) is 20.3. The molecule has 0 bridgehead atoms. The van der Waals surface area contributed by atoms with Crippen molar-refractivity contribution in [1.29, 1.82) is 0 Å². The van der Waals surface area contributed by atoms with E-state index in [4.69, 9.17) is 9.57 Å². The van der Waals surface area contributed by atoms with Gasteiger partial charge in [-0.15, -0.1) is 0 Å². The molecule has 3 amide bonds. The predicted octanol–water partition coefficient (Wildman–Crippen LogP) is 4.40. The maximum atomic E-state index is 13.1. The Morgan fingerprint density at radius 3 is 1.81 bits per heavy atom. The number of imide groups is 1. The molecular formula is C29H24N2O6. The summed E-state index contributed by atoms with van der Waals surface area (Å²) in [5.74, 6) is -2.40. The zero-order chi connectivity index (χ0) is 25.9. The van der Waals surface area contributed by atoms with E-state index in [9.17, 15) is 19.2 Å². The Balaban J connectivity index is 1.16. The molecule has 0 N–H and O–H groups in total. The van der Waals surface area contributed by atoms with Gasteiger partial charge in [-0.25, -0.2) is 9.59 Å². The second kappa shape index (κ2) is 8.30. The van der Waals surface area contributed by atoms with Gasteiger partial charge in [-0.3, -0.25) is 14.5 Å². The number of hydrogen-bond donors (Lipinski definition) is 0. The zero-order valence-electron chi connectivity index (χ0n) is 20.3. The molecular weight excluding hydrogens is 472 g/mol. The number of carbonyl (C=O) groups excluding carboxylic acids is 4. The summed E-state index contributed by atoms with van der Waals surface area (Å²) >= 11 is 0. The molecule has 0 radical (unpaired) electrons. The van der Waals surface area contributed by atoms with Crippen LogP contribution in [0.2, 0.25) is 0 Å². The Morgan fingerprint density at radius 2 is 1.30 bits per heavy atom. The molecule has 3 aromatic carbocycles. The third kappa shape index (κ3) is 3.51. The van der Waals surface area contributed by atoms with Crippen LogP contribution in [0.15, 0.2) is 72.8 Å². The van der Waals surface area contributed by atoms with Crippen molar-refractivity contribution in [3.63, 3.8) is 0 Å².